The molecule has 1 aromatic carbocycles. The van der Waals surface area contributed by atoms with Crippen LogP contribution in [-0.2, 0) is 0 Å². The molecule has 0 radical (unpaired) electrons. The first kappa shape index (κ1) is 13.5. The van der Waals surface area contributed by atoms with E-state index in [9.17, 15) is 0 Å². The van der Waals surface area contributed by atoms with E-state index in [4.69, 9.17) is 0 Å². The fourth-order valence-corrected chi connectivity index (χ4v) is 5.06. The molecule has 2 heteroatoms. The maximum atomic E-state index is 3.87. The first-order valence-electron chi connectivity index (χ1n) is 7.74. The highest BCUT2D eigenvalue weighted by atomic mass is 32.2. The monoisotopic (exact) mass is 275 g/mol. The molecule has 1 saturated carbocycles. The minimum absolute atomic E-state index is 0.717. The Balaban J connectivity index is 1.57. The summed E-state index contributed by atoms with van der Waals surface area (Å²) in [6, 6.07) is 9.68. The Labute approximate surface area is 121 Å². The van der Waals surface area contributed by atoms with Crippen LogP contribution >= 0.6 is 11.8 Å². The molecule has 1 N–H and O–H groups in total. The lowest BCUT2D eigenvalue weighted by Gasteiger charge is -2.23. The molecule has 3 rings (SSSR count). The van der Waals surface area contributed by atoms with Crippen LogP contribution in [0.15, 0.2) is 29.2 Å². The summed E-state index contributed by atoms with van der Waals surface area (Å²) >= 11 is 2.02. The third kappa shape index (κ3) is 2.71. The predicted molar refractivity (Wildman–Crippen MR) is 83.9 cm³/mol. The van der Waals surface area contributed by atoms with Crippen molar-refractivity contribution >= 4 is 11.8 Å². The quantitative estimate of drug-likeness (QED) is 0.879. The molecule has 0 spiro atoms. The molecule has 1 aliphatic carbocycles. The molecule has 0 saturated heterocycles. The van der Waals surface area contributed by atoms with Crippen LogP contribution in [0.3, 0.4) is 0 Å². The highest BCUT2D eigenvalue weighted by Gasteiger charge is 2.32. The first-order chi connectivity index (χ1) is 9.29. The summed E-state index contributed by atoms with van der Waals surface area (Å²) in [5, 5.41) is 3.87. The standard InChI is InChI=1S/C17H25NS/c1-3-13-8-9-16(12(13)2)18-10-14-11-19-17-7-5-4-6-15(14)17/h4-7,12-14,16,18H,3,8-11H2,1-2H3. The van der Waals surface area contributed by atoms with E-state index < -0.39 is 0 Å². The average Bonchev–Trinajstić information content (AvgIpc) is 3.00. The Morgan fingerprint density at radius 2 is 2.11 bits per heavy atom. The number of nitrogens with one attached hydrogen (secondary N) is 1. The molecular formula is C17H25NS. The normalized spacial score (nSPS) is 33.6. The number of thioether (sulfide) groups is 1. The van der Waals surface area contributed by atoms with E-state index in [0.29, 0.717) is 5.92 Å². The summed E-state index contributed by atoms with van der Waals surface area (Å²) in [7, 11) is 0. The Hall–Kier alpha value is -0.470. The fourth-order valence-electron chi connectivity index (χ4n) is 3.80. The van der Waals surface area contributed by atoms with E-state index in [-0.39, 0.29) is 0 Å². The number of benzene rings is 1. The van der Waals surface area contributed by atoms with Gasteiger partial charge in [-0.1, -0.05) is 38.5 Å². The van der Waals surface area contributed by atoms with Crippen molar-refractivity contribution in [3.63, 3.8) is 0 Å². The lowest BCUT2D eigenvalue weighted by molar-refractivity contribution is 0.342. The summed E-state index contributed by atoms with van der Waals surface area (Å²) in [4.78, 5) is 1.50. The van der Waals surface area contributed by atoms with Crippen molar-refractivity contribution in [1.82, 2.24) is 5.32 Å². The number of rotatable bonds is 4. The third-order valence-electron chi connectivity index (χ3n) is 5.18. The maximum absolute atomic E-state index is 3.87. The van der Waals surface area contributed by atoms with E-state index in [1.165, 1.54) is 29.9 Å². The van der Waals surface area contributed by atoms with Gasteiger partial charge in [0.05, 0.1) is 0 Å². The first-order valence-corrected chi connectivity index (χ1v) is 8.73. The van der Waals surface area contributed by atoms with Crippen LogP contribution < -0.4 is 5.32 Å². The minimum Gasteiger partial charge on any atom is -0.313 e. The molecule has 19 heavy (non-hydrogen) atoms. The highest BCUT2D eigenvalue weighted by molar-refractivity contribution is 7.99. The lowest BCUT2D eigenvalue weighted by atomic mass is 9.93. The van der Waals surface area contributed by atoms with Crippen molar-refractivity contribution in [2.75, 3.05) is 12.3 Å². The number of hydrogen-bond donors (Lipinski definition) is 1. The molecule has 1 aliphatic heterocycles. The Morgan fingerprint density at radius 3 is 2.89 bits per heavy atom. The number of fused-ring (bicyclic) bond motifs is 1. The highest BCUT2D eigenvalue weighted by Crippen LogP contribution is 2.39. The van der Waals surface area contributed by atoms with Crippen molar-refractivity contribution in [3.8, 4) is 0 Å². The van der Waals surface area contributed by atoms with Gasteiger partial charge >= 0.3 is 0 Å². The van der Waals surface area contributed by atoms with Gasteiger partial charge in [0.15, 0.2) is 0 Å². The Bertz CT molecular complexity index is 431. The molecule has 2 aliphatic rings. The maximum Gasteiger partial charge on any atom is 0.0108 e. The zero-order valence-electron chi connectivity index (χ0n) is 12.1. The van der Waals surface area contributed by atoms with Gasteiger partial charge in [0.1, 0.15) is 0 Å². The smallest absolute Gasteiger partial charge is 0.0108 e. The van der Waals surface area contributed by atoms with Gasteiger partial charge in [-0.15, -0.1) is 11.8 Å². The molecule has 1 aromatic rings. The summed E-state index contributed by atoms with van der Waals surface area (Å²) in [6.45, 7) is 5.94. The summed E-state index contributed by atoms with van der Waals surface area (Å²) in [6.07, 6.45) is 4.15. The van der Waals surface area contributed by atoms with Crippen LogP contribution in [0.2, 0.25) is 0 Å². The van der Waals surface area contributed by atoms with Crippen molar-refractivity contribution < 1.29 is 0 Å². The van der Waals surface area contributed by atoms with Gasteiger partial charge in [0.2, 0.25) is 0 Å². The minimum atomic E-state index is 0.717. The molecular weight excluding hydrogens is 250 g/mol. The van der Waals surface area contributed by atoms with Gasteiger partial charge in [-0.25, -0.2) is 0 Å². The van der Waals surface area contributed by atoms with Gasteiger partial charge in [-0.3, -0.25) is 0 Å². The van der Waals surface area contributed by atoms with Gasteiger partial charge < -0.3 is 5.32 Å². The van der Waals surface area contributed by atoms with Crippen LogP contribution in [0.5, 0.6) is 0 Å². The number of hydrogen-bond acceptors (Lipinski definition) is 2. The Kier molecular flexibility index (Phi) is 4.18. The second kappa shape index (κ2) is 5.88. The average molecular weight is 275 g/mol. The predicted octanol–water partition coefficient (Wildman–Crippen LogP) is 4.29. The topological polar surface area (TPSA) is 12.0 Å². The third-order valence-corrected chi connectivity index (χ3v) is 6.43. The van der Waals surface area contributed by atoms with E-state index in [2.05, 4.69) is 43.4 Å². The SMILES string of the molecule is CCC1CCC(NCC2CSc3ccccc32)C1C. The summed E-state index contributed by atoms with van der Waals surface area (Å²) in [5.74, 6) is 3.77. The summed E-state index contributed by atoms with van der Waals surface area (Å²) < 4.78 is 0. The fraction of sp³-hybridized carbons (Fsp3) is 0.647. The van der Waals surface area contributed by atoms with Crippen LogP contribution in [0.25, 0.3) is 0 Å². The second-order valence-corrected chi connectivity index (χ2v) is 7.23. The zero-order chi connectivity index (χ0) is 13.2. The molecule has 1 fully saturated rings. The van der Waals surface area contributed by atoms with Crippen molar-refractivity contribution in [2.24, 2.45) is 11.8 Å². The Morgan fingerprint density at radius 1 is 1.26 bits per heavy atom. The van der Waals surface area contributed by atoms with Gasteiger partial charge in [0.25, 0.3) is 0 Å². The van der Waals surface area contributed by atoms with Crippen LogP contribution in [0.1, 0.15) is 44.6 Å². The van der Waals surface area contributed by atoms with E-state index in [1.807, 2.05) is 11.8 Å². The van der Waals surface area contributed by atoms with Crippen LogP contribution in [-0.4, -0.2) is 18.3 Å². The molecule has 104 valence electrons. The molecule has 4 atom stereocenters. The van der Waals surface area contributed by atoms with Crippen LogP contribution in [0, 0.1) is 11.8 Å². The van der Waals surface area contributed by atoms with Crippen molar-refractivity contribution in [1.29, 1.82) is 0 Å². The van der Waals surface area contributed by atoms with Crippen LogP contribution in [0.4, 0.5) is 0 Å². The van der Waals surface area contributed by atoms with Crippen molar-refractivity contribution in [3.05, 3.63) is 29.8 Å². The molecule has 1 heterocycles. The molecule has 0 aromatic heterocycles. The van der Waals surface area contributed by atoms with Gasteiger partial charge in [-0.2, -0.15) is 0 Å². The molecule has 4 unspecified atom stereocenters. The van der Waals surface area contributed by atoms with E-state index in [1.54, 1.807) is 5.56 Å². The van der Waals surface area contributed by atoms with E-state index >= 15 is 0 Å². The second-order valence-electron chi connectivity index (χ2n) is 6.17. The molecule has 0 amide bonds. The molecule has 0 bridgehead atoms. The summed E-state index contributed by atoms with van der Waals surface area (Å²) in [5.41, 5.74) is 1.57. The van der Waals surface area contributed by atoms with Gasteiger partial charge in [-0.05, 0) is 36.3 Å². The zero-order valence-corrected chi connectivity index (χ0v) is 12.9. The molecule has 1 nitrogen and oxygen atoms in total. The van der Waals surface area contributed by atoms with E-state index in [0.717, 1.165) is 24.4 Å². The largest absolute Gasteiger partial charge is 0.313 e. The van der Waals surface area contributed by atoms with Crippen molar-refractivity contribution in [2.45, 2.75) is 50.0 Å². The van der Waals surface area contributed by atoms with Gasteiger partial charge in [0, 0.05) is 29.2 Å². The lowest BCUT2D eigenvalue weighted by Crippen LogP contribution is -2.35.